The molecule has 0 radical (unpaired) electrons. The van der Waals surface area contributed by atoms with Crippen molar-refractivity contribution in [1.82, 2.24) is 5.32 Å². The van der Waals surface area contributed by atoms with E-state index in [1.165, 1.54) is 7.11 Å². The van der Waals surface area contributed by atoms with Crippen LogP contribution < -0.4 is 5.32 Å². The first-order valence-electron chi connectivity index (χ1n) is 6.21. The Balaban J connectivity index is 2.92. The van der Waals surface area contributed by atoms with Crippen LogP contribution in [-0.2, 0) is 9.53 Å². The first-order valence-corrected chi connectivity index (χ1v) is 6.58. The number of benzene rings is 1. The minimum Gasteiger partial charge on any atom is -0.469 e. The van der Waals surface area contributed by atoms with E-state index in [9.17, 15) is 9.59 Å². The van der Waals surface area contributed by atoms with Gasteiger partial charge in [0.25, 0.3) is 0 Å². The molecule has 108 valence electrons. The number of carbonyl (C=O) groups excluding carboxylic acids is 2. The van der Waals surface area contributed by atoms with Crippen molar-refractivity contribution in [2.75, 3.05) is 13.7 Å². The number of halogens is 1. The van der Waals surface area contributed by atoms with E-state index in [1.54, 1.807) is 24.3 Å². The number of hydrogen-bond donors (Lipinski definition) is 1. The summed E-state index contributed by atoms with van der Waals surface area (Å²) >= 11 is 5.94. The molecular weight excluding hydrogens is 278 g/mol. The second kappa shape index (κ2) is 7.82. The van der Waals surface area contributed by atoms with Gasteiger partial charge in [-0.25, -0.2) is 0 Å². The van der Waals surface area contributed by atoms with E-state index in [-0.39, 0.29) is 12.2 Å². The fraction of sp³-hybridized carbons (Fsp3) is 0.333. The van der Waals surface area contributed by atoms with Crippen LogP contribution in [0.3, 0.4) is 0 Å². The van der Waals surface area contributed by atoms with Crippen molar-refractivity contribution in [3.63, 3.8) is 0 Å². The van der Waals surface area contributed by atoms with Crippen LogP contribution in [0.15, 0.2) is 30.9 Å². The molecule has 0 amide bonds. The van der Waals surface area contributed by atoms with Crippen LogP contribution in [0.4, 0.5) is 0 Å². The molecule has 0 fully saturated rings. The lowest BCUT2D eigenvalue weighted by atomic mass is 10.00. The lowest BCUT2D eigenvalue weighted by Gasteiger charge is -2.16. The van der Waals surface area contributed by atoms with Crippen molar-refractivity contribution in [1.29, 1.82) is 0 Å². The van der Waals surface area contributed by atoms with Gasteiger partial charge in [0.1, 0.15) is 0 Å². The van der Waals surface area contributed by atoms with Crippen molar-refractivity contribution in [2.24, 2.45) is 0 Å². The van der Waals surface area contributed by atoms with Gasteiger partial charge in [0.05, 0.1) is 19.6 Å². The van der Waals surface area contributed by atoms with E-state index >= 15 is 0 Å². The van der Waals surface area contributed by atoms with Crippen molar-refractivity contribution >= 4 is 23.4 Å². The Morgan fingerprint density at radius 1 is 1.50 bits per heavy atom. The van der Waals surface area contributed by atoms with E-state index in [0.29, 0.717) is 17.1 Å². The molecule has 0 heterocycles. The molecule has 0 saturated heterocycles. The van der Waals surface area contributed by atoms with Gasteiger partial charge in [0, 0.05) is 17.1 Å². The van der Waals surface area contributed by atoms with Crippen LogP contribution in [0, 0.1) is 6.92 Å². The minimum atomic E-state index is -0.638. The molecule has 4 nitrogen and oxygen atoms in total. The molecule has 1 unspecified atom stereocenters. The molecule has 0 aliphatic heterocycles. The summed E-state index contributed by atoms with van der Waals surface area (Å²) in [6.07, 6.45) is 1.61. The summed E-state index contributed by atoms with van der Waals surface area (Å²) in [5, 5.41) is 3.57. The van der Waals surface area contributed by atoms with E-state index in [2.05, 4.69) is 16.6 Å². The molecule has 0 saturated carbocycles. The Morgan fingerprint density at radius 2 is 2.20 bits per heavy atom. The molecule has 0 spiro atoms. The molecule has 1 rings (SSSR count). The summed E-state index contributed by atoms with van der Waals surface area (Å²) in [6.45, 7) is 5.84. The number of Topliss-reactive ketones (excluding diaryl/α,β-unsaturated/α-hetero) is 1. The van der Waals surface area contributed by atoms with Gasteiger partial charge in [-0.1, -0.05) is 17.7 Å². The number of rotatable bonds is 7. The number of hydrogen-bond acceptors (Lipinski definition) is 4. The third kappa shape index (κ3) is 4.47. The molecule has 0 bridgehead atoms. The smallest absolute Gasteiger partial charge is 0.307 e. The number of aryl methyl sites for hydroxylation is 1. The Hall–Kier alpha value is -1.65. The van der Waals surface area contributed by atoms with Gasteiger partial charge in [-0.3, -0.25) is 9.59 Å². The van der Waals surface area contributed by atoms with Crippen molar-refractivity contribution in [2.45, 2.75) is 19.4 Å². The summed E-state index contributed by atoms with van der Waals surface area (Å²) in [6, 6.07) is 4.40. The zero-order chi connectivity index (χ0) is 15.1. The van der Waals surface area contributed by atoms with E-state index < -0.39 is 12.0 Å². The highest BCUT2D eigenvalue weighted by atomic mass is 35.5. The van der Waals surface area contributed by atoms with Crippen LogP contribution in [-0.4, -0.2) is 31.4 Å². The fourth-order valence-electron chi connectivity index (χ4n) is 1.73. The summed E-state index contributed by atoms with van der Waals surface area (Å²) in [7, 11) is 1.30. The van der Waals surface area contributed by atoms with Gasteiger partial charge in [-0.15, -0.1) is 6.58 Å². The first kappa shape index (κ1) is 16.4. The minimum absolute atomic E-state index is 0.0230. The van der Waals surface area contributed by atoms with Crippen molar-refractivity contribution < 1.29 is 14.3 Å². The maximum Gasteiger partial charge on any atom is 0.307 e. The number of nitrogens with one attached hydrogen (secondary N) is 1. The molecule has 1 aromatic rings. The average Bonchev–Trinajstić information content (AvgIpc) is 2.45. The first-order chi connectivity index (χ1) is 9.49. The molecule has 1 aromatic carbocycles. The Bertz CT molecular complexity index is 514. The van der Waals surface area contributed by atoms with Gasteiger partial charge in [-0.2, -0.15) is 0 Å². The summed E-state index contributed by atoms with van der Waals surface area (Å²) < 4.78 is 4.61. The quantitative estimate of drug-likeness (QED) is 0.477. The zero-order valence-electron chi connectivity index (χ0n) is 11.6. The highest BCUT2D eigenvalue weighted by Gasteiger charge is 2.23. The third-order valence-corrected chi connectivity index (χ3v) is 3.29. The second-order valence-corrected chi connectivity index (χ2v) is 4.77. The Morgan fingerprint density at radius 3 is 2.75 bits per heavy atom. The number of methoxy groups -OCH3 is 1. The van der Waals surface area contributed by atoms with Gasteiger partial charge in [-0.05, 0) is 30.7 Å². The van der Waals surface area contributed by atoms with Crippen LogP contribution >= 0.6 is 11.6 Å². The zero-order valence-corrected chi connectivity index (χ0v) is 12.4. The number of ether oxygens (including phenoxy) is 1. The second-order valence-electron chi connectivity index (χ2n) is 4.36. The Labute approximate surface area is 123 Å². The van der Waals surface area contributed by atoms with Crippen LogP contribution in [0.5, 0.6) is 0 Å². The van der Waals surface area contributed by atoms with Gasteiger partial charge < -0.3 is 10.1 Å². The Kier molecular flexibility index (Phi) is 6.42. The molecule has 0 aliphatic carbocycles. The van der Waals surface area contributed by atoms with Gasteiger partial charge in [0.2, 0.25) is 0 Å². The molecule has 1 N–H and O–H groups in total. The van der Waals surface area contributed by atoms with Crippen molar-refractivity contribution in [3.05, 3.63) is 47.0 Å². The summed E-state index contributed by atoms with van der Waals surface area (Å²) in [5.74, 6) is -0.609. The molecule has 1 atom stereocenters. The van der Waals surface area contributed by atoms with Crippen LogP contribution in [0.2, 0.25) is 5.02 Å². The topological polar surface area (TPSA) is 55.4 Å². The SMILES string of the molecule is C=CCNC(CC(=O)OC)C(=O)c1ccc(Cl)c(C)c1. The standard InChI is InChI=1S/C15H18ClNO3/c1-4-7-17-13(9-14(18)20-3)15(19)11-5-6-12(16)10(2)8-11/h4-6,8,13,17H,1,7,9H2,2-3H3. The maximum absolute atomic E-state index is 12.4. The van der Waals surface area contributed by atoms with E-state index in [4.69, 9.17) is 11.6 Å². The fourth-order valence-corrected chi connectivity index (χ4v) is 1.85. The number of ketones is 1. The monoisotopic (exact) mass is 295 g/mol. The van der Waals surface area contributed by atoms with Crippen LogP contribution in [0.1, 0.15) is 22.3 Å². The number of esters is 1. The predicted octanol–water partition coefficient (Wildman–Crippen LogP) is 2.54. The largest absolute Gasteiger partial charge is 0.469 e. The molecule has 0 aliphatic rings. The van der Waals surface area contributed by atoms with E-state index in [0.717, 1.165) is 5.56 Å². The highest BCUT2D eigenvalue weighted by molar-refractivity contribution is 6.31. The summed E-state index contributed by atoms with van der Waals surface area (Å²) in [5.41, 5.74) is 1.33. The number of carbonyl (C=O) groups is 2. The van der Waals surface area contributed by atoms with Gasteiger partial charge >= 0.3 is 5.97 Å². The van der Waals surface area contributed by atoms with Crippen LogP contribution in [0.25, 0.3) is 0 Å². The summed E-state index contributed by atoms with van der Waals surface area (Å²) in [4.78, 5) is 23.8. The molecule has 20 heavy (non-hydrogen) atoms. The maximum atomic E-state index is 12.4. The molecular formula is C15H18ClNO3. The average molecular weight is 296 g/mol. The third-order valence-electron chi connectivity index (χ3n) is 2.87. The molecule has 5 heteroatoms. The lowest BCUT2D eigenvalue weighted by Crippen LogP contribution is -2.39. The predicted molar refractivity (Wildman–Crippen MR) is 79.1 cm³/mol. The van der Waals surface area contributed by atoms with Crippen molar-refractivity contribution in [3.8, 4) is 0 Å². The normalized spacial score (nSPS) is 11.8. The molecule has 0 aromatic heterocycles. The highest BCUT2D eigenvalue weighted by Crippen LogP contribution is 2.18. The lowest BCUT2D eigenvalue weighted by molar-refractivity contribution is -0.140. The van der Waals surface area contributed by atoms with Gasteiger partial charge in [0.15, 0.2) is 5.78 Å². The van der Waals surface area contributed by atoms with E-state index in [1.807, 2.05) is 6.92 Å².